The molecule has 2 aromatic rings. The molecule has 0 aromatic heterocycles. The van der Waals surface area contributed by atoms with Gasteiger partial charge in [0.05, 0.1) is 22.6 Å². The van der Waals surface area contributed by atoms with E-state index in [1.54, 1.807) is 6.07 Å². The second kappa shape index (κ2) is 9.10. The first kappa shape index (κ1) is 19.6. The van der Waals surface area contributed by atoms with Crippen LogP contribution in [0.15, 0.2) is 48.5 Å². The van der Waals surface area contributed by atoms with E-state index in [1.165, 1.54) is 12.1 Å². The molecule has 1 atom stereocenters. The molecule has 0 saturated heterocycles. The lowest BCUT2D eigenvalue weighted by Crippen LogP contribution is -2.22. The molecule has 0 saturated carbocycles. The summed E-state index contributed by atoms with van der Waals surface area (Å²) < 4.78 is 4.96. The van der Waals surface area contributed by atoms with Crippen molar-refractivity contribution >= 4 is 23.3 Å². The molecule has 27 heavy (non-hydrogen) atoms. The fraction of sp³-hybridized carbons (Fsp3) is 0.211. The van der Waals surface area contributed by atoms with Gasteiger partial charge >= 0.3 is 5.97 Å². The lowest BCUT2D eigenvalue weighted by atomic mass is 9.98. The molecule has 8 nitrogen and oxygen atoms in total. The van der Waals surface area contributed by atoms with E-state index in [0.717, 1.165) is 11.6 Å². The molecule has 8 heteroatoms. The number of rotatable bonds is 7. The average Bonchev–Trinajstić information content (AvgIpc) is 2.67. The first-order chi connectivity index (χ1) is 12.9. The van der Waals surface area contributed by atoms with E-state index in [4.69, 9.17) is 10.00 Å². The van der Waals surface area contributed by atoms with Crippen LogP contribution < -0.4 is 5.32 Å². The Morgan fingerprint density at radius 3 is 2.59 bits per heavy atom. The molecule has 0 fully saturated rings. The Labute approximate surface area is 155 Å². The van der Waals surface area contributed by atoms with Gasteiger partial charge in [-0.05, 0) is 17.5 Å². The summed E-state index contributed by atoms with van der Waals surface area (Å²) in [5, 5.41) is 22.2. The number of esters is 1. The topological polar surface area (TPSA) is 122 Å². The molecule has 0 aliphatic heterocycles. The number of hydrogen-bond acceptors (Lipinski definition) is 6. The monoisotopic (exact) mass is 367 g/mol. The summed E-state index contributed by atoms with van der Waals surface area (Å²) in [7, 11) is 0. The zero-order valence-electron chi connectivity index (χ0n) is 14.5. The Hall–Kier alpha value is -3.73. The molecule has 0 bridgehead atoms. The maximum atomic E-state index is 11.9. The number of carbonyl (C=O) groups excluding carboxylic acids is 2. The fourth-order valence-corrected chi connectivity index (χ4v) is 2.39. The number of carbonyl (C=O) groups is 2. The van der Waals surface area contributed by atoms with Crippen molar-refractivity contribution in [1.29, 1.82) is 5.26 Å². The third-order valence-electron chi connectivity index (χ3n) is 3.81. The van der Waals surface area contributed by atoms with Gasteiger partial charge in [-0.3, -0.25) is 19.7 Å². The molecule has 0 radical (unpaired) electrons. The Bertz CT molecular complexity index is 890. The number of benzene rings is 2. The number of nitro groups is 1. The number of anilines is 1. The zero-order valence-corrected chi connectivity index (χ0v) is 14.5. The minimum absolute atomic E-state index is 0.0541. The van der Waals surface area contributed by atoms with Gasteiger partial charge in [-0.25, -0.2) is 0 Å². The fourth-order valence-electron chi connectivity index (χ4n) is 2.39. The molecule has 138 valence electrons. The van der Waals surface area contributed by atoms with Crippen molar-refractivity contribution < 1.29 is 19.2 Å². The lowest BCUT2D eigenvalue weighted by Gasteiger charge is -2.12. The molecule has 1 N–H and O–H groups in total. The maximum Gasteiger partial charge on any atom is 0.306 e. The molecular formula is C19H17N3O5. The highest BCUT2D eigenvalue weighted by Crippen LogP contribution is 2.21. The van der Waals surface area contributed by atoms with Crippen LogP contribution in [0.4, 0.5) is 11.4 Å². The molecule has 2 aromatic carbocycles. The second-order valence-electron chi connectivity index (χ2n) is 5.82. The normalized spacial score (nSPS) is 11.1. The standard InChI is InChI=1S/C19H17N3O5/c1-13(14-5-3-2-4-6-14)9-19(24)27-12-18(23)21-17-8-7-16(22(25)26)10-15(17)11-20/h2-8,10,13H,9,12H2,1H3,(H,21,23)/t13-/m0/s1. The number of hydrogen-bond donors (Lipinski definition) is 1. The quantitative estimate of drug-likeness (QED) is 0.456. The van der Waals surface area contributed by atoms with E-state index < -0.39 is 23.4 Å². The van der Waals surface area contributed by atoms with Crippen LogP contribution in [0.1, 0.15) is 30.4 Å². The molecule has 0 aliphatic carbocycles. The van der Waals surface area contributed by atoms with Gasteiger partial charge < -0.3 is 10.1 Å². The zero-order chi connectivity index (χ0) is 19.8. The van der Waals surface area contributed by atoms with Gasteiger partial charge in [0.1, 0.15) is 6.07 Å². The van der Waals surface area contributed by atoms with Crippen molar-refractivity contribution in [3.8, 4) is 6.07 Å². The van der Waals surface area contributed by atoms with Gasteiger partial charge in [0.2, 0.25) is 0 Å². The highest BCUT2D eigenvalue weighted by atomic mass is 16.6. The summed E-state index contributed by atoms with van der Waals surface area (Å²) in [6.07, 6.45) is 0.123. The molecule has 0 heterocycles. The van der Waals surface area contributed by atoms with E-state index in [-0.39, 0.29) is 29.3 Å². The highest BCUT2D eigenvalue weighted by molar-refractivity contribution is 5.94. The Morgan fingerprint density at radius 2 is 1.96 bits per heavy atom. The van der Waals surface area contributed by atoms with E-state index >= 15 is 0 Å². The van der Waals surface area contributed by atoms with Gasteiger partial charge in [0, 0.05) is 12.1 Å². The van der Waals surface area contributed by atoms with Gasteiger partial charge in [0.15, 0.2) is 6.61 Å². The predicted molar refractivity (Wildman–Crippen MR) is 96.9 cm³/mol. The van der Waals surface area contributed by atoms with Crippen LogP contribution in [0.5, 0.6) is 0 Å². The molecule has 0 spiro atoms. The van der Waals surface area contributed by atoms with Crippen molar-refractivity contribution in [3.63, 3.8) is 0 Å². The first-order valence-corrected chi connectivity index (χ1v) is 8.09. The van der Waals surface area contributed by atoms with Crippen molar-refractivity contribution in [2.24, 2.45) is 0 Å². The lowest BCUT2D eigenvalue weighted by molar-refractivity contribution is -0.384. The van der Waals surface area contributed by atoms with Gasteiger partial charge in [-0.2, -0.15) is 5.26 Å². The minimum atomic E-state index is -0.638. The number of non-ortho nitro benzene ring substituents is 1. The van der Waals surface area contributed by atoms with Crippen molar-refractivity contribution in [1.82, 2.24) is 0 Å². The first-order valence-electron chi connectivity index (χ1n) is 8.09. The van der Waals surface area contributed by atoms with Gasteiger partial charge in [-0.15, -0.1) is 0 Å². The van der Waals surface area contributed by atoms with Crippen LogP contribution in [-0.4, -0.2) is 23.4 Å². The number of nitrogens with one attached hydrogen (secondary N) is 1. The van der Waals surface area contributed by atoms with Crippen LogP contribution in [0.3, 0.4) is 0 Å². The smallest absolute Gasteiger partial charge is 0.306 e. The van der Waals surface area contributed by atoms with Crippen molar-refractivity contribution in [2.45, 2.75) is 19.3 Å². The largest absolute Gasteiger partial charge is 0.456 e. The average molecular weight is 367 g/mol. The summed E-state index contributed by atoms with van der Waals surface area (Å²) >= 11 is 0. The van der Waals surface area contributed by atoms with Gasteiger partial charge in [-0.1, -0.05) is 37.3 Å². The Balaban J connectivity index is 1.88. The van der Waals surface area contributed by atoms with Crippen molar-refractivity contribution in [3.05, 3.63) is 69.8 Å². The molecule has 0 unspecified atom stereocenters. The van der Waals surface area contributed by atoms with E-state index in [0.29, 0.717) is 0 Å². The van der Waals surface area contributed by atoms with E-state index in [2.05, 4.69) is 5.32 Å². The number of nitriles is 1. The maximum absolute atomic E-state index is 11.9. The Morgan fingerprint density at radius 1 is 1.26 bits per heavy atom. The molecule has 0 aliphatic rings. The number of ether oxygens (including phenoxy) is 1. The second-order valence-corrected chi connectivity index (χ2v) is 5.82. The number of amides is 1. The SMILES string of the molecule is C[C@@H](CC(=O)OCC(=O)Nc1ccc([N+](=O)[O-])cc1C#N)c1ccccc1. The van der Waals surface area contributed by atoms with Crippen molar-refractivity contribution in [2.75, 3.05) is 11.9 Å². The summed E-state index contributed by atoms with van der Waals surface area (Å²) in [5.41, 5.74) is 0.790. The van der Waals surface area contributed by atoms with E-state index in [1.807, 2.05) is 37.3 Å². The van der Waals surface area contributed by atoms with Crippen LogP contribution in [-0.2, 0) is 14.3 Å². The minimum Gasteiger partial charge on any atom is -0.456 e. The highest BCUT2D eigenvalue weighted by Gasteiger charge is 2.16. The third-order valence-corrected chi connectivity index (χ3v) is 3.81. The molecular weight excluding hydrogens is 350 g/mol. The predicted octanol–water partition coefficient (Wildman–Crippen LogP) is 3.14. The number of nitrogens with zero attached hydrogens (tertiary/aromatic N) is 2. The summed E-state index contributed by atoms with van der Waals surface area (Å²) in [4.78, 5) is 33.9. The van der Waals surface area contributed by atoms with Crippen LogP contribution in [0.25, 0.3) is 0 Å². The van der Waals surface area contributed by atoms with Crippen LogP contribution in [0.2, 0.25) is 0 Å². The summed E-state index contributed by atoms with van der Waals surface area (Å²) in [6, 6.07) is 14.7. The molecule has 1 amide bonds. The third kappa shape index (κ3) is 5.64. The summed E-state index contributed by atoms with van der Waals surface area (Å²) in [6.45, 7) is 1.37. The summed E-state index contributed by atoms with van der Waals surface area (Å²) in [5.74, 6) is -1.21. The van der Waals surface area contributed by atoms with Gasteiger partial charge in [0.25, 0.3) is 11.6 Å². The van der Waals surface area contributed by atoms with E-state index in [9.17, 15) is 19.7 Å². The number of nitro benzene ring substituents is 1. The Kier molecular flexibility index (Phi) is 6.61. The van der Waals surface area contributed by atoms with Crippen LogP contribution >= 0.6 is 0 Å². The van der Waals surface area contributed by atoms with Crippen LogP contribution in [0, 0.1) is 21.4 Å². The molecule has 2 rings (SSSR count).